The van der Waals surface area contributed by atoms with Crippen molar-refractivity contribution in [2.24, 2.45) is 0 Å². The van der Waals surface area contributed by atoms with E-state index in [0.29, 0.717) is 49.1 Å². The maximum atomic E-state index is 12.5. The van der Waals surface area contributed by atoms with Crippen LogP contribution in [0.1, 0.15) is 15.9 Å². The number of aryl methyl sites for hydroxylation is 1. The van der Waals surface area contributed by atoms with E-state index >= 15 is 0 Å². The summed E-state index contributed by atoms with van der Waals surface area (Å²) >= 11 is 0. The zero-order valence-electron chi connectivity index (χ0n) is 14.8. The molecule has 2 heterocycles. The maximum Gasteiger partial charge on any atom is 0.258 e. The van der Waals surface area contributed by atoms with Crippen LogP contribution >= 0.6 is 0 Å². The minimum absolute atomic E-state index is 0.300. The highest BCUT2D eigenvalue weighted by Crippen LogP contribution is 2.25. The molecule has 8 nitrogen and oxygen atoms in total. The van der Waals surface area contributed by atoms with Crippen molar-refractivity contribution in [1.82, 2.24) is 14.9 Å². The van der Waals surface area contributed by atoms with Crippen LogP contribution in [0, 0.1) is 6.92 Å². The van der Waals surface area contributed by atoms with E-state index in [1.54, 1.807) is 12.0 Å². The number of amides is 2. The smallest absolute Gasteiger partial charge is 0.258 e. The second-order valence-electron chi connectivity index (χ2n) is 6.06. The van der Waals surface area contributed by atoms with Gasteiger partial charge < -0.3 is 19.9 Å². The van der Waals surface area contributed by atoms with Crippen molar-refractivity contribution < 1.29 is 14.3 Å². The Hall–Kier alpha value is -3.16. The quantitative estimate of drug-likeness (QED) is 0.814. The van der Waals surface area contributed by atoms with Crippen LogP contribution in [0.2, 0.25) is 0 Å². The van der Waals surface area contributed by atoms with Crippen molar-refractivity contribution in [3.63, 3.8) is 0 Å². The molecular weight excluding hydrogens is 334 g/mol. The molecule has 0 atom stereocenters. The second-order valence-corrected chi connectivity index (χ2v) is 6.06. The first-order chi connectivity index (χ1) is 12.6. The van der Waals surface area contributed by atoms with Crippen molar-refractivity contribution in [3.8, 4) is 5.75 Å². The Morgan fingerprint density at radius 3 is 2.50 bits per heavy atom. The zero-order valence-corrected chi connectivity index (χ0v) is 14.8. The number of benzene rings is 1. The van der Waals surface area contributed by atoms with Gasteiger partial charge >= 0.3 is 0 Å². The third-order valence-corrected chi connectivity index (χ3v) is 4.25. The number of anilines is 2. The average molecular weight is 355 g/mol. The van der Waals surface area contributed by atoms with Gasteiger partial charge in [-0.2, -0.15) is 0 Å². The minimum Gasteiger partial charge on any atom is -0.495 e. The highest BCUT2D eigenvalue weighted by Gasteiger charge is 2.18. The summed E-state index contributed by atoms with van der Waals surface area (Å²) in [6.45, 7) is 4.57. The number of carbonyl (C=O) groups is 2. The number of carbonyl (C=O) groups excluding carboxylic acids is 2. The first-order valence-electron chi connectivity index (χ1n) is 8.33. The normalized spacial score (nSPS) is 14.1. The number of piperazine rings is 1. The van der Waals surface area contributed by atoms with Gasteiger partial charge in [0.05, 0.1) is 18.4 Å². The molecule has 2 amide bonds. The number of hydrogen-bond donors (Lipinski definition) is 1. The van der Waals surface area contributed by atoms with Crippen LogP contribution in [-0.4, -0.2) is 60.5 Å². The Labute approximate surface area is 151 Å². The zero-order chi connectivity index (χ0) is 18.5. The van der Waals surface area contributed by atoms with Gasteiger partial charge in [0, 0.05) is 38.6 Å². The molecule has 8 heteroatoms. The monoisotopic (exact) mass is 355 g/mol. The SMILES string of the molecule is COc1ccc(C)cc1NC(=O)c1cnc(N2CCN(C=O)CC2)nc1. The number of hydrogen-bond acceptors (Lipinski definition) is 6. The summed E-state index contributed by atoms with van der Waals surface area (Å²) in [7, 11) is 1.56. The lowest BCUT2D eigenvalue weighted by Crippen LogP contribution is -2.46. The molecule has 0 aliphatic carbocycles. The third kappa shape index (κ3) is 3.90. The first kappa shape index (κ1) is 17.7. The van der Waals surface area contributed by atoms with Gasteiger partial charge in [-0.25, -0.2) is 9.97 Å². The van der Waals surface area contributed by atoms with Crippen LogP contribution < -0.4 is 15.0 Å². The number of nitrogens with one attached hydrogen (secondary N) is 1. The molecule has 3 rings (SSSR count). The van der Waals surface area contributed by atoms with Gasteiger partial charge in [0.25, 0.3) is 5.91 Å². The van der Waals surface area contributed by atoms with E-state index in [0.717, 1.165) is 12.0 Å². The molecule has 0 bridgehead atoms. The van der Waals surface area contributed by atoms with E-state index in [2.05, 4.69) is 15.3 Å². The fraction of sp³-hybridized carbons (Fsp3) is 0.333. The summed E-state index contributed by atoms with van der Waals surface area (Å²) in [6, 6.07) is 5.57. The van der Waals surface area contributed by atoms with Gasteiger partial charge in [-0.1, -0.05) is 6.07 Å². The largest absolute Gasteiger partial charge is 0.495 e. The predicted molar refractivity (Wildman–Crippen MR) is 97.6 cm³/mol. The first-order valence-corrected chi connectivity index (χ1v) is 8.33. The van der Waals surface area contributed by atoms with Crippen LogP contribution in [0.15, 0.2) is 30.6 Å². The molecular formula is C18H21N5O3. The van der Waals surface area contributed by atoms with Crippen LogP contribution in [0.3, 0.4) is 0 Å². The third-order valence-electron chi connectivity index (χ3n) is 4.25. The summed E-state index contributed by atoms with van der Waals surface area (Å²) in [4.78, 5) is 35.5. The molecule has 0 radical (unpaired) electrons. The van der Waals surface area contributed by atoms with Crippen molar-refractivity contribution in [3.05, 3.63) is 41.7 Å². The topological polar surface area (TPSA) is 87.7 Å². The number of nitrogens with zero attached hydrogens (tertiary/aromatic N) is 4. The van der Waals surface area contributed by atoms with Crippen LogP contribution in [-0.2, 0) is 4.79 Å². The van der Waals surface area contributed by atoms with E-state index in [1.165, 1.54) is 12.4 Å². The predicted octanol–water partition coefficient (Wildman–Crippen LogP) is 1.32. The molecule has 1 saturated heterocycles. The van der Waals surface area contributed by atoms with Gasteiger partial charge in [0.1, 0.15) is 5.75 Å². The van der Waals surface area contributed by atoms with Crippen molar-refractivity contribution >= 4 is 24.0 Å². The van der Waals surface area contributed by atoms with E-state index in [4.69, 9.17) is 4.74 Å². The van der Waals surface area contributed by atoms with Gasteiger partial charge in [-0.3, -0.25) is 9.59 Å². The Bertz CT molecular complexity index is 786. The summed E-state index contributed by atoms with van der Waals surface area (Å²) < 4.78 is 5.27. The molecule has 1 aliphatic rings. The highest BCUT2D eigenvalue weighted by atomic mass is 16.5. The fourth-order valence-corrected chi connectivity index (χ4v) is 2.74. The van der Waals surface area contributed by atoms with Gasteiger partial charge in [-0.15, -0.1) is 0 Å². The number of aromatic nitrogens is 2. The number of methoxy groups -OCH3 is 1. The molecule has 26 heavy (non-hydrogen) atoms. The lowest BCUT2D eigenvalue weighted by molar-refractivity contribution is -0.118. The molecule has 1 aliphatic heterocycles. The Kier molecular flexibility index (Phi) is 5.31. The summed E-state index contributed by atoms with van der Waals surface area (Å²) in [5.74, 6) is 0.848. The summed E-state index contributed by atoms with van der Waals surface area (Å²) in [5, 5.41) is 2.83. The van der Waals surface area contributed by atoms with Crippen molar-refractivity contribution in [2.75, 3.05) is 43.5 Å². The molecule has 1 fully saturated rings. The highest BCUT2D eigenvalue weighted by molar-refractivity contribution is 6.04. The summed E-state index contributed by atoms with van der Waals surface area (Å²) in [5.41, 5.74) is 1.98. The Morgan fingerprint density at radius 1 is 1.19 bits per heavy atom. The van der Waals surface area contributed by atoms with Crippen LogP contribution in [0.5, 0.6) is 5.75 Å². The van der Waals surface area contributed by atoms with E-state index in [1.807, 2.05) is 30.0 Å². The van der Waals surface area contributed by atoms with E-state index < -0.39 is 0 Å². The summed E-state index contributed by atoms with van der Waals surface area (Å²) in [6.07, 6.45) is 3.86. The maximum absolute atomic E-state index is 12.5. The molecule has 0 spiro atoms. The molecule has 2 aromatic rings. The number of rotatable bonds is 5. The molecule has 1 aromatic carbocycles. The standard InChI is InChI=1S/C18H21N5O3/c1-13-3-4-16(26-2)15(9-13)21-17(25)14-10-19-18(20-11-14)23-7-5-22(12-24)6-8-23/h3-4,9-12H,5-8H2,1-2H3,(H,21,25). The molecule has 136 valence electrons. The van der Waals surface area contributed by atoms with E-state index in [9.17, 15) is 9.59 Å². The average Bonchev–Trinajstić information content (AvgIpc) is 2.68. The van der Waals surface area contributed by atoms with Gasteiger partial charge in [0.15, 0.2) is 0 Å². The molecule has 0 saturated carbocycles. The Morgan fingerprint density at radius 2 is 1.88 bits per heavy atom. The molecule has 0 unspecified atom stereocenters. The van der Waals surface area contributed by atoms with Crippen LogP contribution in [0.25, 0.3) is 0 Å². The van der Waals surface area contributed by atoms with Gasteiger partial charge in [0.2, 0.25) is 12.4 Å². The van der Waals surface area contributed by atoms with Gasteiger partial charge in [-0.05, 0) is 24.6 Å². The Balaban J connectivity index is 1.68. The molecule has 1 aromatic heterocycles. The lowest BCUT2D eigenvalue weighted by Gasteiger charge is -2.32. The minimum atomic E-state index is -0.300. The fourth-order valence-electron chi connectivity index (χ4n) is 2.74. The van der Waals surface area contributed by atoms with E-state index in [-0.39, 0.29) is 5.91 Å². The van der Waals surface area contributed by atoms with Crippen molar-refractivity contribution in [2.45, 2.75) is 6.92 Å². The number of ether oxygens (including phenoxy) is 1. The lowest BCUT2D eigenvalue weighted by atomic mass is 10.2. The molecule has 1 N–H and O–H groups in total. The second kappa shape index (κ2) is 7.81. The van der Waals surface area contributed by atoms with Crippen LogP contribution in [0.4, 0.5) is 11.6 Å². The van der Waals surface area contributed by atoms with Crippen molar-refractivity contribution in [1.29, 1.82) is 0 Å².